The van der Waals surface area contributed by atoms with Gasteiger partial charge in [0.05, 0.1) is 90.9 Å². The molecule has 20 aromatic carbocycles. The topological polar surface area (TPSA) is 125 Å². The number of furan rings is 1. The normalized spacial score (nSPS) is 12.3. The van der Waals surface area contributed by atoms with Gasteiger partial charge in [0.15, 0.2) is 0 Å². The Hall–Kier alpha value is -17.1. The van der Waals surface area contributed by atoms with E-state index < -0.39 is 0 Å². The fourth-order valence-electron chi connectivity index (χ4n) is 19.7. The van der Waals surface area contributed by atoms with Crippen LogP contribution >= 0.6 is 11.3 Å². The van der Waals surface area contributed by atoms with Crippen LogP contribution in [0.3, 0.4) is 0 Å². The highest BCUT2D eigenvalue weighted by molar-refractivity contribution is 7.58. The summed E-state index contributed by atoms with van der Waals surface area (Å²) in [5, 5.41) is 9.13. The van der Waals surface area contributed by atoms with Crippen LogP contribution in [0.5, 0.6) is 0 Å². The first kappa shape index (κ1) is 81.6. The average Bonchev–Trinajstić information content (AvgIpc) is 1.35. The van der Waals surface area contributed by atoms with Crippen LogP contribution in [0.15, 0.2) is 488 Å². The van der Waals surface area contributed by atoms with E-state index in [2.05, 4.69) is 450 Å². The molecule has 4 aliphatic heterocycles. The first-order chi connectivity index (χ1) is 68.4. The molecular formula is C120H74N12OS5. The van der Waals surface area contributed by atoms with Gasteiger partial charge in [0, 0.05) is 87.4 Å². The van der Waals surface area contributed by atoms with Gasteiger partial charge in [0.25, 0.3) is 0 Å². The van der Waals surface area contributed by atoms with Crippen LogP contribution in [-0.2, 0) is 45.4 Å². The Kier molecular flexibility index (Phi) is 20.6. The Balaban J connectivity index is 0.473. The number of hydrogen-bond donors (Lipinski definition) is 0. The van der Waals surface area contributed by atoms with Gasteiger partial charge in [-0.05, 0) is 212 Å². The molecule has 650 valence electrons. The van der Waals surface area contributed by atoms with Crippen LogP contribution in [0.4, 0.5) is 114 Å². The standard InChI is InChI=1S/C120H74N12OS5/c1-3-31-89(32-4-1)129(101-41-17-25-75-21-7-11-37-93(75)101)105-65-61-97(113-117(105)125-135-121-113)79-45-53-83(54-46-79)109-69-70-110(133-109)84-55-47-80(48-56-84)98-63-67-107(119-115(98)123-137-127-119)131(103-43-19-27-77-23-9-13-39-95(77)103)91-35-15-29-87(73-91)88-30-16-36-92(74-88)132(104-44-20-28-78-24-10-14-40-96(78)104)108-68-64-100(116-120(108)128-138-124-116)82-51-59-86(60-52-82)112-72-71-111(134-112)85-57-49-81(50-58-85)99-62-66-106(118-114(99)122-136-126-118)130(90-33-5-2-6-34-90)102-42-18-26-76-22-8-12-38-94(76)102/h1-74H. The monoisotopic (exact) mass is 1860 g/mol. The molecule has 0 atom stereocenters. The number of hydrogen-bond acceptors (Lipinski definition) is 14. The number of anilines is 12. The highest BCUT2D eigenvalue weighted by Crippen LogP contribution is 2.59. The Morgan fingerprint density at radius 1 is 0.167 bits per heavy atom. The van der Waals surface area contributed by atoms with Gasteiger partial charge in [-0.2, -0.15) is 34.9 Å². The molecule has 0 saturated heterocycles. The number of para-hydroxylation sites is 2. The lowest BCUT2D eigenvalue weighted by Crippen LogP contribution is -2.11. The van der Waals surface area contributed by atoms with Crippen LogP contribution in [0.2, 0.25) is 0 Å². The van der Waals surface area contributed by atoms with Crippen molar-refractivity contribution in [3.8, 4) is 99.2 Å². The van der Waals surface area contributed by atoms with Crippen molar-refractivity contribution in [1.29, 1.82) is 0 Å². The molecular weight excluding hydrogens is 1790 g/mol. The lowest BCUT2D eigenvalue weighted by molar-refractivity contribution is 0.597. The van der Waals surface area contributed by atoms with Crippen LogP contribution in [0.1, 0.15) is 0 Å². The maximum absolute atomic E-state index is 6.70. The first-order valence-electron chi connectivity index (χ1n) is 45.5. The number of nitrogens with zero attached hydrogens (tertiary/aromatic N) is 12. The summed E-state index contributed by atoms with van der Waals surface area (Å²) < 4.78 is 47.0. The van der Waals surface area contributed by atoms with Gasteiger partial charge in [0.1, 0.15) is 57.0 Å². The molecule has 6 heterocycles. The number of rotatable bonds is 21. The Bertz CT molecular complexity index is 8510. The molecule has 0 unspecified atom stereocenters. The van der Waals surface area contributed by atoms with Crippen molar-refractivity contribution < 1.29 is 4.42 Å². The van der Waals surface area contributed by atoms with E-state index >= 15 is 0 Å². The quantitative estimate of drug-likeness (QED) is 0.0708. The van der Waals surface area contributed by atoms with E-state index in [1.165, 1.54) is 65.9 Å². The van der Waals surface area contributed by atoms with Crippen molar-refractivity contribution in [2.75, 3.05) is 19.6 Å². The van der Waals surface area contributed by atoms with E-state index in [0.29, 0.717) is 0 Å². The van der Waals surface area contributed by atoms with Crippen LogP contribution < -0.4 is 19.6 Å². The summed E-state index contributed by atoms with van der Waals surface area (Å²) in [5.41, 5.74) is 33.2. The van der Waals surface area contributed by atoms with E-state index in [9.17, 15) is 0 Å². The minimum atomic E-state index is 0.767. The molecule has 22 aromatic rings. The molecule has 13 nitrogen and oxygen atoms in total. The Morgan fingerprint density at radius 2 is 0.413 bits per heavy atom. The molecule has 0 amide bonds. The molecule has 18 heteroatoms. The van der Waals surface area contributed by atoms with E-state index in [1.807, 2.05) is 18.2 Å². The van der Waals surface area contributed by atoms with Crippen LogP contribution in [0.25, 0.3) is 142 Å². The predicted octanol–water partition coefficient (Wildman–Crippen LogP) is 37.7. The summed E-state index contributed by atoms with van der Waals surface area (Å²) in [6.07, 6.45) is 0. The van der Waals surface area contributed by atoms with Crippen LogP contribution in [-0.4, -0.2) is 0 Å². The molecule has 0 N–H and O–H groups in total. The molecule has 0 bridgehead atoms. The molecule has 138 heavy (non-hydrogen) atoms. The number of benzene rings is 20. The Labute approximate surface area is 814 Å². The van der Waals surface area contributed by atoms with Gasteiger partial charge in [-0.25, -0.2) is 0 Å². The van der Waals surface area contributed by atoms with Crippen molar-refractivity contribution in [1.82, 2.24) is 0 Å². The summed E-state index contributed by atoms with van der Waals surface area (Å²) >= 11 is 6.74. The zero-order valence-corrected chi connectivity index (χ0v) is 77.6. The van der Waals surface area contributed by atoms with E-state index in [1.54, 1.807) is 11.3 Å². The maximum Gasteiger partial charge on any atom is 0.134 e. The fraction of sp³-hybridized carbons (Fsp3) is 0. The van der Waals surface area contributed by atoms with Crippen molar-refractivity contribution in [3.63, 3.8) is 0 Å². The summed E-state index contributed by atoms with van der Waals surface area (Å²) in [7, 11) is 0. The second-order valence-electron chi connectivity index (χ2n) is 34.1. The Morgan fingerprint density at radius 3 is 0.725 bits per heavy atom. The van der Waals surface area contributed by atoms with Gasteiger partial charge in [-0.1, -0.05) is 303 Å². The zero-order valence-electron chi connectivity index (χ0n) is 73.5. The molecule has 0 aliphatic carbocycles. The number of fused-ring (bicyclic) bond motifs is 8. The minimum absolute atomic E-state index is 0.767. The second kappa shape index (κ2) is 34.7. The van der Waals surface area contributed by atoms with E-state index in [4.69, 9.17) is 39.3 Å². The molecule has 0 saturated carbocycles. The van der Waals surface area contributed by atoms with Gasteiger partial charge in [-0.15, -0.1) is 11.3 Å². The lowest BCUT2D eigenvalue weighted by Gasteiger charge is -2.29. The SMILES string of the molecule is c1ccc(N(c2ccc(-c3ccc(-c4ccc(-c5ccc(-c6ccc(N(c7cccc(-c8cccc(N(c9ccc(-c%10ccc(-c%11ccc(-c%12ccc(-c%13ccc(N(c%14ccccc%14)c%14cccc%15ccccc%14%15)c%14c%13N=S=N%14)cc%12)s%11)cc%10)c%10c9N=S=N%10)c9cccc%10ccccc9%10)c8)c7)c7cccc8ccccc78)c7c6N=S=N7)cc5)o4)cc3)c3c2N=S=N3)c2cccc3ccccc23)cc1. The lowest BCUT2D eigenvalue weighted by atomic mass is 9.98. The van der Waals surface area contributed by atoms with Crippen molar-refractivity contribution in [3.05, 3.63) is 449 Å². The summed E-state index contributed by atoms with van der Waals surface area (Å²) in [4.78, 5) is 11.7. The third-order valence-electron chi connectivity index (χ3n) is 26.3. The predicted molar refractivity (Wildman–Crippen MR) is 580 cm³/mol. The van der Waals surface area contributed by atoms with Gasteiger partial charge in [0.2, 0.25) is 0 Å². The van der Waals surface area contributed by atoms with Gasteiger partial charge >= 0.3 is 0 Å². The molecule has 0 fully saturated rings. The second-order valence-corrected chi connectivity index (χ2v) is 37.3. The number of thiophene rings is 1. The highest BCUT2D eigenvalue weighted by atomic mass is 32.1. The highest BCUT2D eigenvalue weighted by Gasteiger charge is 2.32. The van der Waals surface area contributed by atoms with Crippen LogP contribution in [0, 0.1) is 0 Å². The van der Waals surface area contributed by atoms with Crippen molar-refractivity contribution in [2.45, 2.75) is 0 Å². The third kappa shape index (κ3) is 14.6. The summed E-state index contributed by atoms with van der Waals surface area (Å²) in [6, 6.07) is 160. The zero-order chi connectivity index (χ0) is 91.1. The van der Waals surface area contributed by atoms with Gasteiger partial charge < -0.3 is 24.0 Å². The summed E-state index contributed by atoms with van der Waals surface area (Å²) in [5.74, 6) is 1.54. The average molecular weight is 1860 g/mol. The molecule has 0 radical (unpaired) electrons. The smallest absolute Gasteiger partial charge is 0.134 e. The van der Waals surface area contributed by atoms with E-state index in [0.717, 1.165) is 235 Å². The van der Waals surface area contributed by atoms with Gasteiger partial charge in [-0.3, -0.25) is 0 Å². The molecule has 2 aromatic heterocycles. The molecule has 26 rings (SSSR count). The largest absolute Gasteiger partial charge is 0.456 e. The fourth-order valence-corrected chi connectivity index (χ4v) is 23.0. The summed E-state index contributed by atoms with van der Waals surface area (Å²) in [6.45, 7) is 0. The van der Waals surface area contributed by atoms with E-state index in [-0.39, 0.29) is 0 Å². The maximum atomic E-state index is 6.70. The van der Waals surface area contributed by atoms with Crippen molar-refractivity contribution >= 4 is 214 Å². The third-order valence-corrected chi connectivity index (χ3v) is 29.6. The molecule has 0 spiro atoms. The van der Waals surface area contributed by atoms with Crippen molar-refractivity contribution in [2.24, 2.45) is 34.9 Å². The molecule has 4 aliphatic rings. The first-order valence-corrected chi connectivity index (χ1v) is 49.2. The minimum Gasteiger partial charge on any atom is -0.456 e.